The minimum atomic E-state index is -3.74. The van der Waals surface area contributed by atoms with Gasteiger partial charge in [-0.3, -0.25) is 4.79 Å². The second-order valence-corrected chi connectivity index (χ2v) is 13.5. The molecule has 3 aromatic rings. The molecule has 220 valence electrons. The molecule has 1 heterocycles. The minimum Gasteiger partial charge on any atom is -0.321 e. The number of rotatable bonds is 11. The van der Waals surface area contributed by atoms with Crippen LogP contribution in [-0.2, 0) is 27.7 Å². The molecule has 0 bridgehead atoms. The Morgan fingerprint density at radius 1 is 1.07 bits per heavy atom. The van der Waals surface area contributed by atoms with Gasteiger partial charge >= 0.3 is 0 Å². The predicted molar refractivity (Wildman–Crippen MR) is 162 cm³/mol. The molecule has 41 heavy (non-hydrogen) atoms. The highest BCUT2D eigenvalue weighted by molar-refractivity contribution is 7.89. The molecule has 0 spiro atoms. The van der Waals surface area contributed by atoms with Crippen molar-refractivity contribution in [1.29, 1.82) is 0 Å². The summed E-state index contributed by atoms with van der Waals surface area (Å²) in [6.45, 7) is 6.89. The van der Waals surface area contributed by atoms with Gasteiger partial charge in [-0.2, -0.15) is 4.31 Å². The number of halogens is 2. The number of sulfonamides is 1. The lowest BCUT2D eigenvalue weighted by Crippen LogP contribution is -2.58. The lowest BCUT2D eigenvalue weighted by Gasteiger charge is -2.40. The fourth-order valence-corrected chi connectivity index (χ4v) is 8.03. The Hall–Kier alpha value is -2.62. The van der Waals surface area contributed by atoms with Crippen molar-refractivity contribution in [3.05, 3.63) is 100 Å². The van der Waals surface area contributed by atoms with Gasteiger partial charge in [0.25, 0.3) is 0 Å². The molecule has 4 atom stereocenters. The van der Waals surface area contributed by atoms with Gasteiger partial charge in [-0.15, -0.1) is 0 Å². The molecule has 1 saturated heterocycles. The standard InChI is InChI=1S/C32H39ClFN3O3S/c1-21(2)31(24-10-7-11-25(33)17-24)32(35)30(38)18-23-9-8-14-29(34)28(23)16-15-26-20-36-19-22(3)37(26)41(39,40)27-12-5-4-6-13-27/h4-14,17,21-22,26,31-32,36H,15-16,18-20,35H2,1-3H3/t22-,26+,31-,32-/m1/s1. The summed E-state index contributed by atoms with van der Waals surface area (Å²) in [7, 11) is -3.74. The van der Waals surface area contributed by atoms with Crippen LogP contribution in [0.4, 0.5) is 4.39 Å². The monoisotopic (exact) mass is 599 g/mol. The third kappa shape index (κ3) is 7.24. The van der Waals surface area contributed by atoms with E-state index in [4.69, 9.17) is 17.3 Å². The Morgan fingerprint density at radius 3 is 2.46 bits per heavy atom. The van der Waals surface area contributed by atoms with Gasteiger partial charge in [-0.05, 0) is 72.7 Å². The van der Waals surface area contributed by atoms with E-state index in [-0.39, 0.29) is 47.4 Å². The zero-order valence-corrected chi connectivity index (χ0v) is 25.3. The molecule has 0 amide bonds. The van der Waals surface area contributed by atoms with Crippen LogP contribution in [0, 0.1) is 11.7 Å². The lowest BCUT2D eigenvalue weighted by atomic mass is 9.80. The highest BCUT2D eigenvalue weighted by Crippen LogP contribution is 2.31. The fraction of sp³-hybridized carbons (Fsp3) is 0.406. The molecule has 1 aliphatic heterocycles. The first kappa shape index (κ1) is 31.3. The Kier molecular flexibility index (Phi) is 10.4. The van der Waals surface area contributed by atoms with Crippen LogP contribution < -0.4 is 11.1 Å². The van der Waals surface area contributed by atoms with Crippen LogP contribution in [0.25, 0.3) is 0 Å². The molecule has 3 aromatic carbocycles. The van der Waals surface area contributed by atoms with Crippen LogP contribution in [0.5, 0.6) is 0 Å². The zero-order valence-electron chi connectivity index (χ0n) is 23.8. The van der Waals surface area contributed by atoms with Gasteiger partial charge in [0.1, 0.15) is 5.82 Å². The maximum absolute atomic E-state index is 15.2. The molecule has 1 aliphatic rings. The summed E-state index contributed by atoms with van der Waals surface area (Å²) >= 11 is 6.21. The van der Waals surface area contributed by atoms with E-state index in [2.05, 4.69) is 5.32 Å². The number of piperazine rings is 1. The molecule has 6 nitrogen and oxygen atoms in total. The summed E-state index contributed by atoms with van der Waals surface area (Å²) < 4.78 is 43.9. The third-order valence-corrected chi connectivity index (χ3v) is 10.3. The molecular formula is C32H39ClFN3O3S. The fourth-order valence-electron chi connectivity index (χ4n) is 5.96. The molecule has 0 aromatic heterocycles. The Labute approximate surface area is 248 Å². The highest BCUT2D eigenvalue weighted by Gasteiger charge is 2.38. The van der Waals surface area contributed by atoms with Crippen LogP contribution in [0.15, 0.2) is 77.7 Å². The highest BCUT2D eigenvalue weighted by atomic mass is 35.5. The number of carbonyl (C=O) groups is 1. The number of hydrogen-bond donors (Lipinski definition) is 2. The molecule has 1 fully saturated rings. The van der Waals surface area contributed by atoms with E-state index in [1.54, 1.807) is 52.8 Å². The summed E-state index contributed by atoms with van der Waals surface area (Å²) in [6.07, 6.45) is 0.671. The van der Waals surface area contributed by atoms with E-state index in [1.165, 1.54) is 6.07 Å². The van der Waals surface area contributed by atoms with Crippen LogP contribution in [-0.4, -0.2) is 49.7 Å². The molecule has 4 rings (SSSR count). The number of nitrogens with zero attached hydrogens (tertiary/aromatic N) is 1. The first-order valence-electron chi connectivity index (χ1n) is 14.1. The van der Waals surface area contributed by atoms with Crippen LogP contribution in [0.3, 0.4) is 0 Å². The molecular weight excluding hydrogens is 561 g/mol. The zero-order chi connectivity index (χ0) is 29.7. The normalized spacial score (nSPS) is 19.7. The van der Waals surface area contributed by atoms with E-state index in [1.807, 2.05) is 39.0 Å². The number of nitrogens with one attached hydrogen (secondary N) is 1. The van der Waals surface area contributed by atoms with E-state index in [0.717, 1.165) is 5.56 Å². The average molecular weight is 600 g/mol. The van der Waals surface area contributed by atoms with E-state index >= 15 is 4.39 Å². The first-order valence-corrected chi connectivity index (χ1v) is 15.9. The van der Waals surface area contributed by atoms with Crippen molar-refractivity contribution in [1.82, 2.24) is 9.62 Å². The molecule has 9 heteroatoms. The molecule has 3 N–H and O–H groups in total. The minimum absolute atomic E-state index is 0.0105. The smallest absolute Gasteiger partial charge is 0.243 e. The number of carbonyl (C=O) groups excluding carboxylic acids is 1. The second-order valence-electron chi connectivity index (χ2n) is 11.2. The van der Waals surface area contributed by atoms with Gasteiger partial charge in [0.15, 0.2) is 5.78 Å². The van der Waals surface area contributed by atoms with Crippen LogP contribution in [0.1, 0.15) is 49.8 Å². The van der Waals surface area contributed by atoms with Crippen LogP contribution in [0.2, 0.25) is 5.02 Å². The third-order valence-electron chi connectivity index (χ3n) is 7.95. The van der Waals surface area contributed by atoms with Crippen molar-refractivity contribution in [2.24, 2.45) is 11.7 Å². The molecule has 0 radical (unpaired) electrons. The number of benzene rings is 3. The van der Waals surface area contributed by atoms with Crippen molar-refractivity contribution in [3.63, 3.8) is 0 Å². The van der Waals surface area contributed by atoms with Gasteiger partial charge < -0.3 is 11.1 Å². The average Bonchev–Trinajstić information content (AvgIpc) is 2.93. The Balaban J connectivity index is 1.54. The van der Waals surface area contributed by atoms with Crippen molar-refractivity contribution in [2.45, 2.75) is 69.0 Å². The molecule has 0 aliphatic carbocycles. The SMILES string of the molecule is CC(C)[C@H](c1cccc(Cl)c1)[C@H](N)C(=O)Cc1cccc(F)c1CC[C@H]1CNC[C@@H](C)N1S(=O)(=O)c1ccccc1. The number of ketones is 1. The largest absolute Gasteiger partial charge is 0.321 e. The van der Waals surface area contributed by atoms with Crippen molar-refractivity contribution in [2.75, 3.05) is 13.1 Å². The molecule has 0 unspecified atom stereocenters. The van der Waals surface area contributed by atoms with E-state index < -0.39 is 21.9 Å². The topological polar surface area (TPSA) is 92.5 Å². The predicted octanol–water partition coefficient (Wildman–Crippen LogP) is 5.34. The maximum Gasteiger partial charge on any atom is 0.243 e. The summed E-state index contributed by atoms with van der Waals surface area (Å²) in [5.74, 6) is -0.757. The summed E-state index contributed by atoms with van der Waals surface area (Å²) in [6, 6.07) is 19.1. The van der Waals surface area contributed by atoms with Gasteiger partial charge in [-0.25, -0.2) is 12.8 Å². The van der Waals surface area contributed by atoms with Gasteiger partial charge in [0.05, 0.1) is 10.9 Å². The summed E-state index contributed by atoms with van der Waals surface area (Å²) in [5, 5.41) is 3.89. The van der Waals surface area contributed by atoms with Crippen molar-refractivity contribution in [3.8, 4) is 0 Å². The van der Waals surface area contributed by atoms with Crippen molar-refractivity contribution < 1.29 is 17.6 Å². The number of Topliss-reactive ketones (excluding diaryl/α,β-unsaturated/α-hetero) is 1. The van der Waals surface area contributed by atoms with Gasteiger partial charge in [0, 0.05) is 42.5 Å². The summed E-state index contributed by atoms with van der Waals surface area (Å²) in [4.78, 5) is 13.7. The lowest BCUT2D eigenvalue weighted by molar-refractivity contribution is -0.120. The maximum atomic E-state index is 15.2. The van der Waals surface area contributed by atoms with Gasteiger partial charge in [0.2, 0.25) is 10.0 Å². The van der Waals surface area contributed by atoms with Crippen molar-refractivity contribution >= 4 is 27.4 Å². The Bertz CT molecular complexity index is 1450. The van der Waals surface area contributed by atoms with Crippen LogP contribution >= 0.6 is 11.6 Å². The molecule has 0 saturated carbocycles. The first-order chi connectivity index (χ1) is 19.5. The van der Waals surface area contributed by atoms with E-state index in [0.29, 0.717) is 35.7 Å². The van der Waals surface area contributed by atoms with Gasteiger partial charge in [-0.1, -0.05) is 67.9 Å². The van der Waals surface area contributed by atoms with E-state index in [9.17, 15) is 13.2 Å². The Morgan fingerprint density at radius 2 is 1.78 bits per heavy atom. The second kappa shape index (κ2) is 13.6. The number of hydrogen-bond acceptors (Lipinski definition) is 5. The quantitative estimate of drug-likeness (QED) is 0.310. The number of nitrogens with two attached hydrogens (primary N) is 1. The summed E-state index contributed by atoms with van der Waals surface area (Å²) in [5.41, 5.74) is 8.44.